The maximum Gasteiger partial charge on any atom is 0.323 e. The van der Waals surface area contributed by atoms with E-state index in [-0.39, 0.29) is 19.1 Å². The Morgan fingerprint density at radius 3 is 2.56 bits per heavy atom. The zero-order valence-electron chi connectivity index (χ0n) is 11.3. The van der Waals surface area contributed by atoms with Crippen LogP contribution in [0.3, 0.4) is 0 Å². The highest BCUT2D eigenvalue weighted by atomic mass is 16.5. The van der Waals surface area contributed by atoms with Gasteiger partial charge in [0.05, 0.1) is 6.61 Å². The van der Waals surface area contributed by atoms with Gasteiger partial charge >= 0.3 is 12.0 Å². The molecule has 0 rings (SSSR count). The Morgan fingerprint density at radius 2 is 2.00 bits per heavy atom. The monoisotopic (exact) mass is 260 g/mol. The molecule has 6 heteroatoms. The summed E-state index contributed by atoms with van der Waals surface area (Å²) in [6.07, 6.45) is 4.30. The van der Waals surface area contributed by atoms with E-state index in [0.717, 1.165) is 25.7 Å². The Morgan fingerprint density at radius 1 is 1.28 bits per heavy atom. The number of carbonyl (C=O) groups excluding carboxylic acids is 1. The number of nitrogens with one attached hydrogen (secondary N) is 1. The zero-order valence-corrected chi connectivity index (χ0v) is 11.3. The Kier molecular flexibility index (Phi) is 10.0. The number of methoxy groups -OCH3 is 1. The Bertz CT molecular complexity index is 246. The number of urea groups is 1. The molecule has 0 radical (unpaired) electrons. The van der Waals surface area contributed by atoms with Gasteiger partial charge in [-0.2, -0.15) is 0 Å². The second-order valence-electron chi connectivity index (χ2n) is 4.10. The first-order valence-corrected chi connectivity index (χ1v) is 6.35. The van der Waals surface area contributed by atoms with E-state index < -0.39 is 5.97 Å². The molecule has 0 bridgehead atoms. The molecule has 0 aliphatic carbocycles. The van der Waals surface area contributed by atoms with Crippen molar-refractivity contribution in [3.63, 3.8) is 0 Å². The molecule has 0 aromatic rings. The SMILES string of the molecule is CCCCCCNC(=O)N(CCOC)CC(=O)O. The first kappa shape index (κ1) is 16.7. The van der Waals surface area contributed by atoms with Crippen molar-refractivity contribution in [3.05, 3.63) is 0 Å². The van der Waals surface area contributed by atoms with Gasteiger partial charge in [0.2, 0.25) is 0 Å². The van der Waals surface area contributed by atoms with E-state index in [4.69, 9.17) is 9.84 Å². The summed E-state index contributed by atoms with van der Waals surface area (Å²) in [5, 5.41) is 11.4. The fourth-order valence-corrected chi connectivity index (χ4v) is 1.48. The number of carboxylic acids is 1. The maximum absolute atomic E-state index is 11.7. The molecule has 2 amide bonds. The number of hydrogen-bond donors (Lipinski definition) is 2. The minimum absolute atomic E-state index is 0.281. The lowest BCUT2D eigenvalue weighted by Crippen LogP contribution is -2.44. The summed E-state index contributed by atoms with van der Waals surface area (Å²) in [7, 11) is 1.52. The summed E-state index contributed by atoms with van der Waals surface area (Å²) in [6.45, 7) is 3.02. The van der Waals surface area contributed by atoms with Crippen LogP contribution in [-0.4, -0.2) is 55.4 Å². The molecule has 0 spiro atoms. The summed E-state index contributed by atoms with van der Waals surface area (Å²) in [5.41, 5.74) is 0. The summed E-state index contributed by atoms with van der Waals surface area (Å²) in [6, 6.07) is -0.342. The first-order chi connectivity index (χ1) is 8.61. The second-order valence-corrected chi connectivity index (χ2v) is 4.10. The highest BCUT2D eigenvalue weighted by Gasteiger charge is 2.15. The van der Waals surface area contributed by atoms with Gasteiger partial charge in [0.25, 0.3) is 0 Å². The lowest BCUT2D eigenvalue weighted by atomic mass is 10.2. The van der Waals surface area contributed by atoms with Gasteiger partial charge < -0.3 is 20.1 Å². The van der Waals surface area contributed by atoms with Crippen LogP contribution in [0.25, 0.3) is 0 Å². The molecule has 0 unspecified atom stereocenters. The molecule has 0 aromatic heterocycles. The van der Waals surface area contributed by atoms with E-state index in [1.165, 1.54) is 12.0 Å². The molecule has 2 N–H and O–H groups in total. The van der Waals surface area contributed by atoms with Crippen molar-refractivity contribution in [2.45, 2.75) is 32.6 Å². The minimum atomic E-state index is -1.02. The third-order valence-electron chi connectivity index (χ3n) is 2.49. The van der Waals surface area contributed by atoms with E-state index in [2.05, 4.69) is 12.2 Å². The number of ether oxygens (including phenoxy) is 1. The number of hydrogen-bond acceptors (Lipinski definition) is 3. The highest BCUT2D eigenvalue weighted by molar-refractivity contribution is 5.80. The molecule has 106 valence electrons. The molecule has 0 saturated heterocycles. The topological polar surface area (TPSA) is 78.9 Å². The number of carbonyl (C=O) groups is 2. The number of amides is 2. The van der Waals surface area contributed by atoms with Gasteiger partial charge in [0, 0.05) is 20.2 Å². The molecule has 0 aliphatic heterocycles. The summed E-state index contributed by atoms with van der Waals surface area (Å²) in [5.74, 6) is -1.02. The molecule has 0 saturated carbocycles. The van der Waals surface area contributed by atoms with E-state index in [1.54, 1.807) is 0 Å². The molecular formula is C12H24N2O4. The molecule has 18 heavy (non-hydrogen) atoms. The Labute approximate surface area is 108 Å². The third-order valence-corrected chi connectivity index (χ3v) is 2.49. The van der Waals surface area contributed by atoms with Crippen molar-refractivity contribution in [1.82, 2.24) is 10.2 Å². The smallest absolute Gasteiger partial charge is 0.323 e. The lowest BCUT2D eigenvalue weighted by molar-refractivity contribution is -0.137. The lowest BCUT2D eigenvalue weighted by Gasteiger charge is -2.20. The van der Waals surface area contributed by atoms with Crippen LogP contribution < -0.4 is 5.32 Å². The number of aliphatic carboxylic acids is 1. The van der Waals surface area contributed by atoms with Crippen molar-refractivity contribution >= 4 is 12.0 Å². The molecular weight excluding hydrogens is 236 g/mol. The Hall–Kier alpha value is -1.30. The van der Waals surface area contributed by atoms with Gasteiger partial charge in [0.15, 0.2) is 0 Å². The normalized spacial score (nSPS) is 10.1. The first-order valence-electron chi connectivity index (χ1n) is 6.35. The van der Waals surface area contributed by atoms with Gasteiger partial charge in [-0.25, -0.2) is 4.79 Å². The molecule has 6 nitrogen and oxygen atoms in total. The fourth-order valence-electron chi connectivity index (χ4n) is 1.48. The number of carboxylic acid groups (broad SMARTS) is 1. The van der Waals surface area contributed by atoms with Gasteiger partial charge in [-0.05, 0) is 6.42 Å². The molecule has 0 aliphatic rings. The van der Waals surface area contributed by atoms with Crippen LogP contribution in [0.15, 0.2) is 0 Å². The number of rotatable bonds is 10. The van der Waals surface area contributed by atoms with Crippen LogP contribution in [-0.2, 0) is 9.53 Å². The van der Waals surface area contributed by atoms with E-state index in [0.29, 0.717) is 13.2 Å². The number of unbranched alkanes of at least 4 members (excludes halogenated alkanes) is 3. The average molecular weight is 260 g/mol. The summed E-state index contributed by atoms with van der Waals surface area (Å²) in [4.78, 5) is 23.6. The van der Waals surface area contributed by atoms with Gasteiger partial charge in [-0.1, -0.05) is 26.2 Å². The number of nitrogens with zero attached hydrogens (tertiary/aromatic N) is 1. The fraction of sp³-hybridized carbons (Fsp3) is 0.833. The molecule has 0 aromatic carbocycles. The largest absolute Gasteiger partial charge is 0.480 e. The van der Waals surface area contributed by atoms with Crippen molar-refractivity contribution in [2.24, 2.45) is 0 Å². The third kappa shape index (κ3) is 8.81. The van der Waals surface area contributed by atoms with Crippen LogP contribution in [0.1, 0.15) is 32.6 Å². The van der Waals surface area contributed by atoms with Crippen LogP contribution in [0, 0.1) is 0 Å². The summed E-state index contributed by atoms with van der Waals surface area (Å²) < 4.78 is 4.85. The Balaban J connectivity index is 3.92. The maximum atomic E-state index is 11.7. The molecule has 0 fully saturated rings. The van der Waals surface area contributed by atoms with Gasteiger partial charge in [0.1, 0.15) is 6.54 Å². The summed E-state index contributed by atoms with van der Waals surface area (Å²) >= 11 is 0. The molecule has 0 atom stereocenters. The van der Waals surface area contributed by atoms with E-state index in [9.17, 15) is 9.59 Å². The van der Waals surface area contributed by atoms with Crippen molar-refractivity contribution in [3.8, 4) is 0 Å². The highest BCUT2D eigenvalue weighted by Crippen LogP contribution is 1.98. The predicted molar refractivity (Wildman–Crippen MR) is 68.6 cm³/mol. The zero-order chi connectivity index (χ0) is 13.8. The minimum Gasteiger partial charge on any atom is -0.480 e. The van der Waals surface area contributed by atoms with Crippen LogP contribution >= 0.6 is 0 Å². The standard InChI is InChI=1S/C12H24N2O4/c1-3-4-5-6-7-13-12(17)14(8-9-18-2)10-11(15)16/h3-10H2,1-2H3,(H,13,17)(H,15,16). The quantitative estimate of drug-likeness (QED) is 0.580. The van der Waals surface area contributed by atoms with Crippen molar-refractivity contribution < 1.29 is 19.4 Å². The van der Waals surface area contributed by atoms with Crippen LogP contribution in [0.2, 0.25) is 0 Å². The van der Waals surface area contributed by atoms with Crippen LogP contribution in [0.5, 0.6) is 0 Å². The second kappa shape index (κ2) is 10.8. The average Bonchev–Trinajstić information content (AvgIpc) is 2.33. The van der Waals surface area contributed by atoms with E-state index >= 15 is 0 Å². The van der Waals surface area contributed by atoms with E-state index in [1.807, 2.05) is 0 Å². The van der Waals surface area contributed by atoms with Gasteiger partial charge in [-0.15, -0.1) is 0 Å². The predicted octanol–water partition coefficient (Wildman–Crippen LogP) is 1.31. The van der Waals surface area contributed by atoms with Gasteiger partial charge in [-0.3, -0.25) is 4.79 Å². The van der Waals surface area contributed by atoms with Crippen LogP contribution in [0.4, 0.5) is 4.79 Å². The van der Waals surface area contributed by atoms with Crippen molar-refractivity contribution in [2.75, 3.05) is 33.4 Å². The van der Waals surface area contributed by atoms with Crippen molar-refractivity contribution in [1.29, 1.82) is 0 Å². The molecule has 0 heterocycles.